The van der Waals surface area contributed by atoms with Crippen molar-refractivity contribution in [2.75, 3.05) is 13.2 Å². The highest BCUT2D eigenvalue weighted by atomic mass is 16.7. The van der Waals surface area contributed by atoms with Crippen molar-refractivity contribution >= 4 is 13.4 Å². The van der Waals surface area contributed by atoms with Crippen LogP contribution in [-0.4, -0.2) is 112 Å². The van der Waals surface area contributed by atoms with Crippen LogP contribution < -0.4 is 0 Å². The summed E-state index contributed by atoms with van der Waals surface area (Å²) in [6, 6.07) is 0. The molecule has 9 atom stereocenters. The summed E-state index contributed by atoms with van der Waals surface area (Å²) in [6.45, 7) is 0.367. The number of hydrogen-bond donors (Lipinski definition) is 6. The molecule has 2 heterocycles. The maximum Gasteiger partial charge on any atom is 0.454 e. The van der Waals surface area contributed by atoms with Gasteiger partial charge in [-0.2, -0.15) is 0 Å². The second-order valence-corrected chi connectivity index (χ2v) is 5.99. The van der Waals surface area contributed by atoms with Crippen LogP contribution in [0.2, 0.25) is 6.82 Å². The zero-order chi connectivity index (χ0) is 18.7. The third-order valence-electron chi connectivity index (χ3n) is 4.17. The summed E-state index contributed by atoms with van der Waals surface area (Å²) in [5, 5.41) is 58.3. The van der Waals surface area contributed by atoms with E-state index in [4.69, 9.17) is 23.9 Å². The molecule has 2 unspecified atom stereocenters. The number of aliphatic hydroxyl groups is 6. The van der Waals surface area contributed by atoms with E-state index < -0.39 is 75.5 Å². The summed E-state index contributed by atoms with van der Waals surface area (Å²) < 4.78 is 20.6. The van der Waals surface area contributed by atoms with E-state index in [1.54, 1.807) is 0 Å². The zero-order valence-corrected chi connectivity index (χ0v) is 13.5. The fourth-order valence-corrected chi connectivity index (χ4v) is 2.73. The van der Waals surface area contributed by atoms with Gasteiger partial charge in [-0.1, -0.05) is 0 Å². The van der Waals surface area contributed by atoms with Gasteiger partial charge in [-0.3, -0.25) is 0 Å². The van der Waals surface area contributed by atoms with Crippen molar-refractivity contribution in [1.82, 2.24) is 0 Å². The van der Waals surface area contributed by atoms with E-state index in [-0.39, 0.29) is 0 Å². The maximum atomic E-state index is 10.9. The normalized spacial score (nSPS) is 41.6. The van der Waals surface area contributed by atoms with Crippen molar-refractivity contribution in [3.05, 3.63) is 0 Å². The van der Waals surface area contributed by atoms with Gasteiger partial charge in [-0.15, -0.1) is 0 Å². The third-order valence-corrected chi connectivity index (χ3v) is 4.17. The monoisotopic (exact) mass is 366 g/mol. The predicted molar refractivity (Wildman–Crippen MR) is 79.2 cm³/mol. The summed E-state index contributed by atoms with van der Waals surface area (Å²) in [5.74, 6) is 0. The van der Waals surface area contributed by atoms with Crippen LogP contribution in [0, 0.1) is 0 Å². The second-order valence-electron chi connectivity index (χ2n) is 5.99. The molecule has 0 aromatic carbocycles. The number of carbonyl (C=O) groups is 1. The lowest BCUT2D eigenvalue weighted by Crippen LogP contribution is -2.59. The number of carbonyl (C=O) groups excluding carboxylic acids is 1. The Balaban J connectivity index is 1.90. The lowest BCUT2D eigenvalue weighted by Gasteiger charge is -2.40. The molecule has 25 heavy (non-hydrogen) atoms. The SMILES string of the molecule is CB1OC(C=O)C([C@H](O)[C@H](O)CO[C@@H]2O[C@H](CO)[C@@H](O)[C@H](O)[C@H]2O)O1. The first-order chi connectivity index (χ1) is 11.8. The van der Waals surface area contributed by atoms with E-state index in [0.717, 1.165) is 0 Å². The summed E-state index contributed by atoms with van der Waals surface area (Å²) >= 11 is 0. The molecule has 11 nitrogen and oxygen atoms in total. The van der Waals surface area contributed by atoms with Crippen molar-refractivity contribution < 1.29 is 54.2 Å². The summed E-state index contributed by atoms with van der Waals surface area (Å²) in [5.41, 5.74) is 0. The largest absolute Gasteiger partial charge is 0.454 e. The molecule has 0 amide bonds. The maximum absolute atomic E-state index is 10.9. The van der Waals surface area contributed by atoms with Gasteiger partial charge in [0.1, 0.15) is 55.1 Å². The summed E-state index contributed by atoms with van der Waals surface area (Å²) in [7, 11) is -0.728. The molecular formula is C13H23BO11. The fourth-order valence-electron chi connectivity index (χ4n) is 2.73. The molecule has 2 fully saturated rings. The van der Waals surface area contributed by atoms with Crippen LogP contribution >= 0.6 is 0 Å². The van der Waals surface area contributed by atoms with Crippen molar-refractivity contribution in [2.24, 2.45) is 0 Å². The molecule has 0 bridgehead atoms. The quantitative estimate of drug-likeness (QED) is 0.190. The van der Waals surface area contributed by atoms with Crippen LogP contribution in [0.5, 0.6) is 0 Å². The molecule has 2 aliphatic rings. The Morgan fingerprint density at radius 1 is 1.16 bits per heavy atom. The van der Waals surface area contributed by atoms with Crippen LogP contribution in [0.3, 0.4) is 0 Å². The number of aldehydes is 1. The Morgan fingerprint density at radius 2 is 1.84 bits per heavy atom. The molecule has 0 aromatic rings. The van der Waals surface area contributed by atoms with Crippen LogP contribution in [0.4, 0.5) is 0 Å². The lowest BCUT2D eigenvalue weighted by atomic mass is 9.96. The van der Waals surface area contributed by atoms with E-state index in [9.17, 15) is 30.3 Å². The minimum absolute atomic E-state index is 0.447. The Kier molecular flexibility index (Phi) is 7.28. The Hall–Kier alpha value is -0.665. The molecular weight excluding hydrogens is 343 g/mol. The molecule has 0 aliphatic carbocycles. The molecule has 2 aliphatic heterocycles. The molecule has 144 valence electrons. The molecule has 0 saturated carbocycles. The van der Waals surface area contributed by atoms with Crippen LogP contribution in [0.25, 0.3) is 0 Å². The first kappa shape index (κ1) is 20.6. The van der Waals surface area contributed by atoms with Gasteiger partial charge < -0.3 is 54.2 Å². The van der Waals surface area contributed by atoms with E-state index in [1.807, 2.05) is 0 Å². The highest BCUT2D eigenvalue weighted by Crippen LogP contribution is 2.24. The van der Waals surface area contributed by atoms with Crippen molar-refractivity contribution in [3.8, 4) is 0 Å². The average molecular weight is 366 g/mol. The minimum atomic E-state index is -1.63. The van der Waals surface area contributed by atoms with Gasteiger partial charge in [-0.25, -0.2) is 0 Å². The number of hydrogen-bond acceptors (Lipinski definition) is 11. The molecule has 2 rings (SSSR count). The second kappa shape index (κ2) is 8.82. The predicted octanol–water partition coefficient (Wildman–Crippen LogP) is -4.37. The van der Waals surface area contributed by atoms with Gasteiger partial charge in [0, 0.05) is 0 Å². The zero-order valence-electron chi connectivity index (χ0n) is 13.5. The molecule has 0 spiro atoms. The van der Waals surface area contributed by atoms with Gasteiger partial charge in [-0.05, 0) is 6.82 Å². The van der Waals surface area contributed by atoms with Gasteiger partial charge in [0.25, 0.3) is 0 Å². The Bertz CT molecular complexity index is 438. The topological polar surface area (TPSA) is 175 Å². The highest BCUT2D eigenvalue weighted by molar-refractivity contribution is 6.43. The molecule has 0 aromatic heterocycles. The summed E-state index contributed by atoms with van der Waals surface area (Å²) in [6.07, 6.45) is -12.1. The van der Waals surface area contributed by atoms with Crippen molar-refractivity contribution in [1.29, 1.82) is 0 Å². The highest BCUT2D eigenvalue weighted by Gasteiger charge is 2.46. The van der Waals surface area contributed by atoms with Gasteiger partial charge in [0.05, 0.1) is 13.2 Å². The van der Waals surface area contributed by atoms with Gasteiger partial charge in [0.2, 0.25) is 0 Å². The summed E-state index contributed by atoms with van der Waals surface area (Å²) in [4.78, 5) is 10.9. The van der Waals surface area contributed by atoms with Gasteiger partial charge >= 0.3 is 7.12 Å². The Morgan fingerprint density at radius 3 is 2.44 bits per heavy atom. The van der Waals surface area contributed by atoms with E-state index in [0.29, 0.717) is 6.29 Å². The van der Waals surface area contributed by atoms with E-state index in [2.05, 4.69) is 0 Å². The molecule has 2 saturated heterocycles. The van der Waals surface area contributed by atoms with E-state index in [1.165, 1.54) is 6.82 Å². The Labute approximate surface area is 143 Å². The van der Waals surface area contributed by atoms with E-state index >= 15 is 0 Å². The van der Waals surface area contributed by atoms with Crippen LogP contribution in [-0.2, 0) is 23.6 Å². The average Bonchev–Trinajstić information content (AvgIpc) is 2.99. The first-order valence-electron chi connectivity index (χ1n) is 7.84. The first-order valence-corrected chi connectivity index (χ1v) is 7.84. The molecule has 0 radical (unpaired) electrons. The van der Waals surface area contributed by atoms with Gasteiger partial charge in [0.15, 0.2) is 6.29 Å². The number of rotatable bonds is 7. The fraction of sp³-hybridized carbons (Fsp3) is 0.923. The lowest BCUT2D eigenvalue weighted by molar-refractivity contribution is -0.306. The van der Waals surface area contributed by atoms with Crippen molar-refractivity contribution in [3.63, 3.8) is 0 Å². The standard InChI is InChI=1S/C13H23BO11/c1-14-24-7(3-16)12(25-14)8(18)5(17)4-22-13-11(21)10(20)9(19)6(2-15)23-13/h3,5-13,15,17-21H,2,4H2,1H3/t5-,6-,7?,8-,9-,10+,11-,12?,13-/m1/s1. The third kappa shape index (κ3) is 4.55. The minimum Gasteiger partial charge on any atom is -0.403 e. The smallest absolute Gasteiger partial charge is 0.403 e. The van der Waals surface area contributed by atoms with Crippen LogP contribution in [0.15, 0.2) is 0 Å². The van der Waals surface area contributed by atoms with Crippen LogP contribution in [0.1, 0.15) is 0 Å². The number of ether oxygens (including phenoxy) is 2. The molecule has 6 N–H and O–H groups in total. The van der Waals surface area contributed by atoms with Crippen molar-refractivity contribution in [2.45, 2.75) is 61.9 Å². The molecule has 12 heteroatoms. The number of aliphatic hydroxyl groups excluding tert-OH is 6.